The third-order valence-corrected chi connectivity index (χ3v) is 2.27. The zero-order chi connectivity index (χ0) is 12.1. The fourth-order valence-electron chi connectivity index (χ4n) is 1.18. The lowest BCUT2D eigenvalue weighted by Crippen LogP contribution is -2.18. The highest BCUT2D eigenvalue weighted by atomic mass is 35.5. The normalized spacial score (nSPS) is 9.06. The molecule has 0 radical (unpaired) electrons. The molecule has 1 N–H and O–H groups in total. The van der Waals surface area contributed by atoms with Crippen LogP contribution in [0.15, 0.2) is 12.1 Å². The first-order valence-corrected chi connectivity index (χ1v) is 4.63. The van der Waals surface area contributed by atoms with Crippen LogP contribution in [-0.4, -0.2) is 19.5 Å². The van der Waals surface area contributed by atoms with Crippen molar-refractivity contribution in [1.29, 1.82) is 5.26 Å². The zero-order valence-electron chi connectivity index (χ0n) is 8.36. The third kappa shape index (κ3) is 2.55. The molecule has 0 saturated carbocycles. The number of nitrogens with zero attached hydrogens (tertiary/aromatic N) is 2. The van der Waals surface area contributed by atoms with Crippen molar-refractivity contribution in [2.24, 2.45) is 0 Å². The summed E-state index contributed by atoms with van der Waals surface area (Å²) in [6.45, 7) is 0. The van der Waals surface area contributed by atoms with Crippen LogP contribution in [-0.2, 0) is 4.65 Å². The maximum Gasteiger partial charge on any atom is 0.391 e. The molecule has 82 valence electrons. The summed E-state index contributed by atoms with van der Waals surface area (Å²) in [5.74, 6) is 0. The fraction of sp³-hybridized carbons (Fsp3) is 0.125. The van der Waals surface area contributed by atoms with E-state index in [0.29, 0.717) is 11.2 Å². The van der Waals surface area contributed by atoms with Gasteiger partial charge in [-0.2, -0.15) is 5.26 Å². The molecule has 0 aliphatic rings. The van der Waals surface area contributed by atoms with Gasteiger partial charge >= 0.3 is 7.48 Å². The third-order valence-electron chi connectivity index (χ3n) is 1.92. The highest BCUT2D eigenvalue weighted by molar-refractivity contribution is 6.54. The van der Waals surface area contributed by atoms with Crippen molar-refractivity contribution in [1.82, 2.24) is 0 Å². The van der Waals surface area contributed by atoms with Gasteiger partial charge in [0.1, 0.15) is 5.69 Å². The molecule has 0 aliphatic carbocycles. The highest BCUT2D eigenvalue weighted by Crippen LogP contribution is 2.25. The number of nitro benzene ring substituents is 1. The Hall–Kier alpha value is -1.94. The average Bonchev–Trinajstić information content (AvgIpc) is 2.26. The van der Waals surface area contributed by atoms with E-state index in [4.69, 9.17) is 16.9 Å². The molecule has 6 nitrogen and oxygen atoms in total. The second kappa shape index (κ2) is 5.23. The fourth-order valence-corrected chi connectivity index (χ4v) is 1.39. The lowest BCUT2D eigenvalue weighted by atomic mass is 9.87. The molecule has 1 aromatic rings. The van der Waals surface area contributed by atoms with E-state index in [1.807, 2.05) is 0 Å². The van der Waals surface area contributed by atoms with Crippen LogP contribution in [0.3, 0.4) is 0 Å². The Morgan fingerprint density at radius 1 is 1.69 bits per heavy atom. The van der Waals surface area contributed by atoms with Gasteiger partial charge in [0, 0.05) is 18.1 Å². The Bertz CT molecular complexity index is 461. The topological polar surface area (TPSA) is 88.2 Å². The summed E-state index contributed by atoms with van der Waals surface area (Å²) in [5.41, 5.74) is 0.720. The minimum atomic E-state index is -0.535. The summed E-state index contributed by atoms with van der Waals surface area (Å²) in [6, 6.07) is 2.71. The number of nitrogens with one attached hydrogen (secondary N) is 1. The minimum Gasteiger partial charge on any atom is -0.496 e. The number of hydrogen-bond acceptors (Lipinski definition) is 5. The number of nitriles is 1. The number of nitro groups is 1. The first kappa shape index (κ1) is 12.1. The summed E-state index contributed by atoms with van der Waals surface area (Å²) in [5, 5.41) is 21.8. The van der Waals surface area contributed by atoms with Crippen molar-refractivity contribution in [3.05, 3.63) is 27.3 Å². The molecule has 0 heterocycles. The standard InChI is InChI=1S/C8H7BClN3O3/c1-12-7-2-5(9-16-4-11)6(10)3-8(7)13(14)15/h2-3,9,12H,1H3. The van der Waals surface area contributed by atoms with E-state index >= 15 is 0 Å². The SMILES string of the molecule is CNc1cc(BOC#N)c(Cl)cc1[N+](=O)[O-]. The molecule has 0 bridgehead atoms. The van der Waals surface area contributed by atoms with Gasteiger partial charge in [-0.1, -0.05) is 11.6 Å². The second-order valence-electron chi connectivity index (χ2n) is 2.85. The highest BCUT2D eigenvalue weighted by Gasteiger charge is 2.17. The van der Waals surface area contributed by atoms with Crippen molar-refractivity contribution in [3.8, 4) is 6.26 Å². The van der Waals surface area contributed by atoms with Gasteiger partial charge in [0.05, 0.1) is 4.92 Å². The molecular formula is C8H7BClN3O3. The van der Waals surface area contributed by atoms with Crippen LogP contribution >= 0.6 is 11.6 Å². The first-order valence-electron chi connectivity index (χ1n) is 4.25. The quantitative estimate of drug-likeness (QED) is 0.363. The molecule has 0 aliphatic heterocycles. The number of rotatable bonds is 4. The Kier molecular flexibility index (Phi) is 3.97. The largest absolute Gasteiger partial charge is 0.496 e. The number of benzene rings is 1. The maximum absolute atomic E-state index is 10.7. The van der Waals surface area contributed by atoms with E-state index in [0.717, 1.165) is 0 Å². The lowest BCUT2D eigenvalue weighted by Gasteiger charge is -2.06. The molecule has 0 unspecified atom stereocenters. The van der Waals surface area contributed by atoms with Gasteiger partial charge in [-0.15, -0.1) is 0 Å². The molecule has 0 spiro atoms. The molecule has 1 aromatic carbocycles. The van der Waals surface area contributed by atoms with Crippen LogP contribution in [0.1, 0.15) is 0 Å². The van der Waals surface area contributed by atoms with Gasteiger partial charge in [0.25, 0.3) is 11.9 Å². The van der Waals surface area contributed by atoms with Crippen molar-refractivity contribution < 1.29 is 9.58 Å². The number of anilines is 1. The number of hydrogen-bond donors (Lipinski definition) is 1. The van der Waals surface area contributed by atoms with Gasteiger partial charge in [0.2, 0.25) is 0 Å². The van der Waals surface area contributed by atoms with Crippen LogP contribution in [0.4, 0.5) is 11.4 Å². The van der Waals surface area contributed by atoms with Crippen LogP contribution < -0.4 is 10.8 Å². The van der Waals surface area contributed by atoms with E-state index in [-0.39, 0.29) is 18.2 Å². The van der Waals surface area contributed by atoms with Crippen molar-refractivity contribution >= 4 is 35.9 Å². The van der Waals surface area contributed by atoms with Gasteiger partial charge in [-0.05, 0) is 11.5 Å². The zero-order valence-corrected chi connectivity index (χ0v) is 9.11. The monoisotopic (exact) mass is 239 g/mol. The smallest absolute Gasteiger partial charge is 0.391 e. The summed E-state index contributed by atoms with van der Waals surface area (Å²) >= 11 is 5.82. The predicted octanol–water partition coefficient (Wildman–Crippen LogP) is 0.764. The van der Waals surface area contributed by atoms with Gasteiger partial charge in [-0.25, -0.2) is 0 Å². The summed E-state index contributed by atoms with van der Waals surface area (Å²) in [7, 11) is 1.55. The van der Waals surface area contributed by atoms with Gasteiger partial charge < -0.3 is 9.97 Å². The minimum absolute atomic E-state index is 0.0119. The Morgan fingerprint density at radius 3 is 2.88 bits per heavy atom. The molecule has 1 rings (SSSR count). The van der Waals surface area contributed by atoms with E-state index in [1.54, 1.807) is 7.05 Å². The van der Waals surface area contributed by atoms with E-state index < -0.39 is 4.92 Å². The molecule has 0 aromatic heterocycles. The molecule has 0 amide bonds. The molecule has 0 fully saturated rings. The van der Waals surface area contributed by atoms with E-state index in [1.165, 1.54) is 18.4 Å². The van der Waals surface area contributed by atoms with E-state index in [2.05, 4.69) is 9.97 Å². The Labute approximate surface area is 97.2 Å². The van der Waals surface area contributed by atoms with Gasteiger partial charge in [0.15, 0.2) is 0 Å². The maximum atomic E-state index is 10.7. The predicted molar refractivity (Wildman–Crippen MR) is 61.1 cm³/mol. The average molecular weight is 239 g/mol. The Balaban J connectivity index is 3.16. The first-order chi connectivity index (χ1) is 7.60. The summed E-state index contributed by atoms with van der Waals surface area (Å²) in [6.07, 6.45) is 1.51. The molecule has 0 atom stereocenters. The van der Waals surface area contributed by atoms with Crippen molar-refractivity contribution in [2.75, 3.05) is 12.4 Å². The van der Waals surface area contributed by atoms with Crippen molar-refractivity contribution in [3.63, 3.8) is 0 Å². The molecule has 8 heteroatoms. The lowest BCUT2D eigenvalue weighted by molar-refractivity contribution is -0.383. The van der Waals surface area contributed by atoms with Gasteiger partial charge in [-0.3, -0.25) is 10.1 Å². The molecular weight excluding hydrogens is 232 g/mol. The van der Waals surface area contributed by atoms with Crippen LogP contribution in [0.25, 0.3) is 0 Å². The molecule has 16 heavy (non-hydrogen) atoms. The second-order valence-corrected chi connectivity index (χ2v) is 3.26. The van der Waals surface area contributed by atoms with Crippen molar-refractivity contribution in [2.45, 2.75) is 0 Å². The van der Waals surface area contributed by atoms with Crippen LogP contribution in [0.5, 0.6) is 0 Å². The van der Waals surface area contributed by atoms with Crippen LogP contribution in [0, 0.1) is 21.6 Å². The molecule has 0 saturated heterocycles. The summed E-state index contributed by atoms with van der Waals surface area (Å²) in [4.78, 5) is 10.1. The summed E-state index contributed by atoms with van der Waals surface area (Å²) < 4.78 is 4.52. The Morgan fingerprint density at radius 2 is 2.38 bits per heavy atom. The van der Waals surface area contributed by atoms with Crippen LogP contribution in [0.2, 0.25) is 5.02 Å². The van der Waals surface area contributed by atoms with E-state index in [9.17, 15) is 10.1 Å². The number of halogens is 1.